The van der Waals surface area contributed by atoms with Crippen molar-refractivity contribution < 1.29 is 13.2 Å². The zero-order chi connectivity index (χ0) is 15.3. The molecule has 1 aromatic rings. The van der Waals surface area contributed by atoms with Gasteiger partial charge in [-0.2, -0.15) is 13.2 Å². The maximum atomic E-state index is 13.2. The van der Waals surface area contributed by atoms with Crippen molar-refractivity contribution in [3.63, 3.8) is 0 Å². The summed E-state index contributed by atoms with van der Waals surface area (Å²) in [6.45, 7) is 7.10. The van der Waals surface area contributed by atoms with Gasteiger partial charge >= 0.3 is 6.18 Å². The maximum absolute atomic E-state index is 13.2. The van der Waals surface area contributed by atoms with Crippen LogP contribution < -0.4 is 10.6 Å². The second-order valence-corrected chi connectivity index (χ2v) is 4.88. The van der Waals surface area contributed by atoms with Crippen molar-refractivity contribution in [1.29, 1.82) is 0 Å². The van der Waals surface area contributed by atoms with E-state index in [2.05, 4.69) is 0 Å². The first-order valence-electron chi connectivity index (χ1n) is 7.04. The van der Waals surface area contributed by atoms with Gasteiger partial charge < -0.3 is 10.6 Å². The predicted octanol–water partition coefficient (Wildman–Crippen LogP) is 3.83. The molecule has 1 atom stereocenters. The van der Waals surface area contributed by atoms with E-state index in [1.165, 1.54) is 6.07 Å². The summed E-state index contributed by atoms with van der Waals surface area (Å²) in [7, 11) is 0. The number of nitrogens with two attached hydrogens (primary N) is 1. The molecule has 0 aliphatic rings. The summed E-state index contributed by atoms with van der Waals surface area (Å²) in [6, 6.07) is 4.31. The summed E-state index contributed by atoms with van der Waals surface area (Å²) in [5, 5.41) is 0. The third-order valence-corrected chi connectivity index (χ3v) is 3.53. The minimum absolute atomic E-state index is 0.240. The van der Waals surface area contributed by atoms with E-state index in [9.17, 15) is 13.2 Å². The van der Waals surface area contributed by atoms with E-state index in [1.54, 1.807) is 12.1 Å². The van der Waals surface area contributed by atoms with E-state index in [0.717, 1.165) is 0 Å². The summed E-state index contributed by atoms with van der Waals surface area (Å²) in [5.74, 6) is 0. The van der Waals surface area contributed by atoms with Gasteiger partial charge in [0.15, 0.2) is 0 Å². The molecule has 20 heavy (non-hydrogen) atoms. The normalized spacial score (nSPS) is 13.3. The van der Waals surface area contributed by atoms with Gasteiger partial charge in [-0.15, -0.1) is 0 Å². The molecule has 0 aromatic heterocycles. The van der Waals surface area contributed by atoms with E-state index >= 15 is 0 Å². The highest BCUT2D eigenvalue weighted by Gasteiger charge is 2.34. The topological polar surface area (TPSA) is 29.3 Å². The van der Waals surface area contributed by atoms with E-state index in [0.29, 0.717) is 25.2 Å². The number of hydrogen-bond donors (Lipinski definition) is 1. The molecule has 0 bridgehead atoms. The van der Waals surface area contributed by atoms with Crippen molar-refractivity contribution in [1.82, 2.24) is 0 Å². The lowest BCUT2D eigenvalue weighted by Crippen LogP contribution is -2.25. The third kappa shape index (κ3) is 4.13. The SMILES string of the molecule is CCC(N)Cc1ccc(N(CC)CC)cc1C(F)(F)F. The molecule has 0 aliphatic carbocycles. The van der Waals surface area contributed by atoms with Crippen LogP contribution in [0.25, 0.3) is 0 Å². The Kier molecular flexibility index (Phi) is 5.87. The maximum Gasteiger partial charge on any atom is 0.416 e. The van der Waals surface area contributed by atoms with Crippen molar-refractivity contribution in [2.24, 2.45) is 5.73 Å². The van der Waals surface area contributed by atoms with Gasteiger partial charge in [-0.05, 0) is 44.4 Å². The summed E-state index contributed by atoms with van der Waals surface area (Å²) in [6.07, 6.45) is -3.43. The average molecular weight is 288 g/mol. The predicted molar refractivity (Wildman–Crippen MR) is 77.0 cm³/mol. The Hall–Kier alpha value is -1.23. The lowest BCUT2D eigenvalue weighted by atomic mass is 9.98. The van der Waals surface area contributed by atoms with Crippen LogP contribution in [-0.2, 0) is 12.6 Å². The van der Waals surface area contributed by atoms with Gasteiger partial charge in [-0.3, -0.25) is 0 Å². The fraction of sp³-hybridized carbons (Fsp3) is 0.600. The molecule has 0 aliphatic heterocycles. The molecule has 0 amide bonds. The van der Waals surface area contributed by atoms with Gasteiger partial charge in [0.05, 0.1) is 5.56 Å². The van der Waals surface area contributed by atoms with Crippen molar-refractivity contribution in [3.05, 3.63) is 29.3 Å². The molecule has 2 nitrogen and oxygen atoms in total. The van der Waals surface area contributed by atoms with Crippen LogP contribution in [0.5, 0.6) is 0 Å². The van der Waals surface area contributed by atoms with Crippen LogP contribution in [0.2, 0.25) is 0 Å². The monoisotopic (exact) mass is 288 g/mol. The van der Waals surface area contributed by atoms with Crippen LogP contribution in [0, 0.1) is 0 Å². The number of nitrogens with zero attached hydrogens (tertiary/aromatic N) is 1. The number of benzene rings is 1. The van der Waals surface area contributed by atoms with E-state index < -0.39 is 11.7 Å². The van der Waals surface area contributed by atoms with E-state index in [1.807, 2.05) is 25.7 Å². The van der Waals surface area contributed by atoms with Crippen molar-refractivity contribution >= 4 is 5.69 Å². The van der Waals surface area contributed by atoms with Crippen LogP contribution in [-0.4, -0.2) is 19.1 Å². The van der Waals surface area contributed by atoms with E-state index in [4.69, 9.17) is 5.73 Å². The van der Waals surface area contributed by atoms with Crippen LogP contribution >= 0.6 is 0 Å². The molecule has 2 N–H and O–H groups in total. The third-order valence-electron chi connectivity index (χ3n) is 3.53. The Morgan fingerprint density at radius 1 is 1.15 bits per heavy atom. The first-order chi connectivity index (χ1) is 9.33. The molecule has 0 saturated heterocycles. The van der Waals surface area contributed by atoms with E-state index in [-0.39, 0.29) is 18.0 Å². The fourth-order valence-electron chi connectivity index (χ4n) is 2.22. The minimum Gasteiger partial charge on any atom is -0.372 e. The number of halogens is 3. The van der Waals surface area contributed by atoms with Gasteiger partial charge in [-0.1, -0.05) is 13.0 Å². The minimum atomic E-state index is -4.34. The van der Waals surface area contributed by atoms with Crippen molar-refractivity contribution in [2.75, 3.05) is 18.0 Å². The first-order valence-corrected chi connectivity index (χ1v) is 7.04. The van der Waals surface area contributed by atoms with Crippen LogP contribution in [0.3, 0.4) is 0 Å². The highest BCUT2D eigenvalue weighted by molar-refractivity contribution is 5.52. The Morgan fingerprint density at radius 3 is 2.20 bits per heavy atom. The zero-order valence-corrected chi connectivity index (χ0v) is 12.3. The number of alkyl halides is 3. The number of hydrogen-bond acceptors (Lipinski definition) is 2. The lowest BCUT2D eigenvalue weighted by molar-refractivity contribution is -0.138. The highest BCUT2D eigenvalue weighted by atomic mass is 19.4. The summed E-state index contributed by atoms with van der Waals surface area (Å²) >= 11 is 0. The van der Waals surface area contributed by atoms with Gasteiger partial charge in [0, 0.05) is 24.8 Å². The molecule has 0 heterocycles. The zero-order valence-electron chi connectivity index (χ0n) is 12.3. The molecule has 1 rings (SSSR count). The van der Waals surface area contributed by atoms with Crippen LogP contribution in [0.1, 0.15) is 38.3 Å². The summed E-state index contributed by atoms with van der Waals surface area (Å²) < 4.78 is 39.6. The smallest absolute Gasteiger partial charge is 0.372 e. The Balaban J connectivity index is 3.20. The quantitative estimate of drug-likeness (QED) is 0.862. The molecule has 0 fully saturated rings. The highest BCUT2D eigenvalue weighted by Crippen LogP contribution is 2.35. The largest absolute Gasteiger partial charge is 0.416 e. The molecule has 1 unspecified atom stereocenters. The second kappa shape index (κ2) is 6.97. The molecular formula is C15H23F3N2. The van der Waals surface area contributed by atoms with Gasteiger partial charge in [0.25, 0.3) is 0 Å². The standard InChI is InChI=1S/C15H23F3N2/c1-4-12(19)9-11-7-8-13(20(5-2)6-3)10-14(11)15(16,17)18/h7-8,10,12H,4-6,9,19H2,1-3H3. The van der Waals surface area contributed by atoms with Crippen LogP contribution in [0.4, 0.5) is 18.9 Å². The molecule has 0 radical (unpaired) electrons. The lowest BCUT2D eigenvalue weighted by Gasteiger charge is -2.24. The summed E-state index contributed by atoms with van der Waals surface area (Å²) in [4.78, 5) is 1.90. The van der Waals surface area contributed by atoms with Gasteiger partial charge in [0.2, 0.25) is 0 Å². The average Bonchev–Trinajstić information content (AvgIpc) is 2.40. The van der Waals surface area contributed by atoms with Crippen molar-refractivity contribution in [3.8, 4) is 0 Å². The number of rotatable bonds is 6. The van der Waals surface area contributed by atoms with Crippen LogP contribution in [0.15, 0.2) is 18.2 Å². The number of anilines is 1. The van der Waals surface area contributed by atoms with Gasteiger partial charge in [0.1, 0.15) is 0 Å². The fourth-order valence-corrected chi connectivity index (χ4v) is 2.22. The second-order valence-electron chi connectivity index (χ2n) is 4.88. The summed E-state index contributed by atoms with van der Waals surface area (Å²) in [5.41, 5.74) is 6.11. The molecule has 1 aromatic carbocycles. The van der Waals surface area contributed by atoms with Crippen molar-refractivity contribution in [2.45, 2.75) is 45.8 Å². The Morgan fingerprint density at radius 2 is 1.75 bits per heavy atom. The Labute approximate surface area is 118 Å². The molecule has 0 saturated carbocycles. The first kappa shape index (κ1) is 16.8. The molecule has 5 heteroatoms. The molecule has 114 valence electrons. The molecular weight excluding hydrogens is 265 g/mol. The Bertz CT molecular complexity index is 426. The molecule has 0 spiro atoms. The van der Waals surface area contributed by atoms with Gasteiger partial charge in [-0.25, -0.2) is 0 Å².